The average Bonchev–Trinajstić information content (AvgIpc) is 3.42. The molecule has 1 N–H and O–H groups in total. The highest BCUT2D eigenvalue weighted by atomic mass is 32.1. The second kappa shape index (κ2) is 8.51. The van der Waals surface area contributed by atoms with Crippen molar-refractivity contribution in [2.75, 3.05) is 16.8 Å². The molecule has 0 saturated heterocycles. The van der Waals surface area contributed by atoms with E-state index in [1.807, 2.05) is 25.1 Å². The SMILES string of the molecule is Cc1sc(NC(=O)c2cnccn2)nc1-c1ccc2c(c1)CCN2C(=O)c1ccccc1F. The quantitative estimate of drug-likeness (QED) is 0.485. The maximum absolute atomic E-state index is 14.1. The second-order valence-electron chi connectivity index (χ2n) is 7.50. The van der Waals surface area contributed by atoms with Crippen LogP contribution in [0.2, 0.25) is 0 Å². The van der Waals surface area contributed by atoms with Crippen LogP contribution in [0.15, 0.2) is 61.1 Å². The van der Waals surface area contributed by atoms with E-state index in [4.69, 9.17) is 0 Å². The van der Waals surface area contributed by atoms with E-state index in [1.165, 1.54) is 42.1 Å². The molecule has 4 aromatic rings. The van der Waals surface area contributed by atoms with Gasteiger partial charge in [-0.15, -0.1) is 11.3 Å². The smallest absolute Gasteiger partial charge is 0.277 e. The Kier molecular flexibility index (Phi) is 5.39. The Balaban J connectivity index is 1.39. The van der Waals surface area contributed by atoms with Crippen molar-refractivity contribution < 1.29 is 14.0 Å². The van der Waals surface area contributed by atoms with E-state index in [0.29, 0.717) is 18.1 Å². The van der Waals surface area contributed by atoms with Crippen molar-refractivity contribution in [1.29, 1.82) is 0 Å². The summed E-state index contributed by atoms with van der Waals surface area (Å²) in [6.45, 7) is 2.42. The Morgan fingerprint density at radius 3 is 2.79 bits per heavy atom. The fraction of sp³-hybridized carbons (Fsp3) is 0.125. The van der Waals surface area contributed by atoms with E-state index >= 15 is 0 Å². The summed E-state index contributed by atoms with van der Waals surface area (Å²) in [7, 11) is 0. The first kappa shape index (κ1) is 20.9. The summed E-state index contributed by atoms with van der Waals surface area (Å²) >= 11 is 1.37. The van der Waals surface area contributed by atoms with Crippen molar-refractivity contribution in [3.63, 3.8) is 0 Å². The van der Waals surface area contributed by atoms with Crippen LogP contribution in [0, 0.1) is 12.7 Å². The molecule has 2 aromatic heterocycles. The van der Waals surface area contributed by atoms with Gasteiger partial charge in [-0.1, -0.05) is 18.2 Å². The van der Waals surface area contributed by atoms with Gasteiger partial charge in [-0.05, 0) is 43.2 Å². The topological polar surface area (TPSA) is 88.1 Å². The number of hydrogen-bond donors (Lipinski definition) is 1. The number of hydrogen-bond acceptors (Lipinski definition) is 6. The van der Waals surface area contributed by atoms with Gasteiger partial charge in [-0.25, -0.2) is 14.4 Å². The van der Waals surface area contributed by atoms with Crippen LogP contribution in [0.5, 0.6) is 0 Å². The van der Waals surface area contributed by atoms with E-state index in [0.717, 1.165) is 27.4 Å². The molecule has 0 bridgehead atoms. The molecular formula is C24H18FN5O2S. The van der Waals surface area contributed by atoms with Crippen LogP contribution in [0.3, 0.4) is 0 Å². The number of halogens is 1. The lowest BCUT2D eigenvalue weighted by Crippen LogP contribution is -2.29. The standard InChI is InChI=1S/C24H18FN5O2S/c1-14-21(28-24(33-14)29-22(31)19-13-26-9-10-27-19)16-6-7-20-15(12-16)8-11-30(20)23(32)17-4-2-3-5-18(17)25/h2-7,9-10,12-13H,8,11H2,1H3,(H,28,29,31). The van der Waals surface area contributed by atoms with Crippen molar-refractivity contribution in [3.05, 3.63) is 88.6 Å². The number of anilines is 2. The zero-order chi connectivity index (χ0) is 22.9. The van der Waals surface area contributed by atoms with Crippen LogP contribution in [0.25, 0.3) is 11.3 Å². The summed E-state index contributed by atoms with van der Waals surface area (Å²) in [4.78, 5) is 40.3. The van der Waals surface area contributed by atoms with Gasteiger partial charge in [0.15, 0.2) is 5.13 Å². The fourth-order valence-corrected chi connectivity index (χ4v) is 4.67. The summed E-state index contributed by atoms with van der Waals surface area (Å²) < 4.78 is 14.1. The molecule has 0 aliphatic carbocycles. The predicted octanol–water partition coefficient (Wildman–Crippen LogP) is 4.50. The number of thiazole rings is 1. The van der Waals surface area contributed by atoms with E-state index in [9.17, 15) is 14.0 Å². The van der Waals surface area contributed by atoms with E-state index < -0.39 is 5.82 Å². The molecule has 1 aliphatic rings. The maximum Gasteiger partial charge on any atom is 0.277 e. The lowest BCUT2D eigenvalue weighted by molar-refractivity contribution is 0.0983. The molecular weight excluding hydrogens is 441 g/mol. The Bertz CT molecular complexity index is 1370. The van der Waals surface area contributed by atoms with E-state index in [-0.39, 0.29) is 23.1 Å². The van der Waals surface area contributed by atoms with Gasteiger partial charge in [-0.2, -0.15) is 0 Å². The molecule has 0 atom stereocenters. The molecule has 7 nitrogen and oxygen atoms in total. The molecule has 2 aromatic carbocycles. The number of nitrogens with one attached hydrogen (secondary N) is 1. The predicted molar refractivity (Wildman–Crippen MR) is 124 cm³/mol. The second-order valence-corrected chi connectivity index (χ2v) is 8.70. The molecule has 0 spiro atoms. The molecule has 0 saturated carbocycles. The molecule has 5 rings (SSSR count). The lowest BCUT2D eigenvalue weighted by Gasteiger charge is -2.18. The number of benzene rings is 2. The zero-order valence-electron chi connectivity index (χ0n) is 17.6. The monoisotopic (exact) mass is 459 g/mol. The number of fused-ring (bicyclic) bond motifs is 1. The summed E-state index contributed by atoms with van der Waals surface area (Å²) in [5, 5.41) is 3.23. The van der Waals surface area contributed by atoms with Crippen molar-refractivity contribution in [1.82, 2.24) is 15.0 Å². The number of carbonyl (C=O) groups is 2. The molecule has 0 fully saturated rings. The van der Waals surface area contributed by atoms with Gasteiger partial charge in [-0.3, -0.25) is 19.9 Å². The largest absolute Gasteiger partial charge is 0.308 e. The van der Waals surface area contributed by atoms with Gasteiger partial charge in [0, 0.05) is 35.1 Å². The molecule has 164 valence electrons. The Labute approximate surface area is 193 Å². The Morgan fingerprint density at radius 1 is 1.15 bits per heavy atom. The van der Waals surface area contributed by atoms with Crippen LogP contribution in [-0.2, 0) is 6.42 Å². The molecule has 0 unspecified atom stereocenters. The summed E-state index contributed by atoms with van der Waals surface area (Å²) in [6.07, 6.45) is 5.02. The molecule has 1 aliphatic heterocycles. The first-order chi connectivity index (χ1) is 16.0. The number of amides is 2. The van der Waals surface area contributed by atoms with Crippen molar-refractivity contribution in [2.45, 2.75) is 13.3 Å². The van der Waals surface area contributed by atoms with Gasteiger partial charge in [0.05, 0.1) is 17.5 Å². The molecule has 3 heterocycles. The minimum atomic E-state index is -0.526. The number of rotatable bonds is 4. The maximum atomic E-state index is 14.1. The van der Waals surface area contributed by atoms with Gasteiger partial charge in [0.1, 0.15) is 11.5 Å². The highest BCUT2D eigenvalue weighted by molar-refractivity contribution is 7.16. The van der Waals surface area contributed by atoms with Gasteiger partial charge in [0.2, 0.25) is 0 Å². The molecule has 33 heavy (non-hydrogen) atoms. The number of carbonyl (C=O) groups excluding carboxylic acids is 2. The van der Waals surface area contributed by atoms with Gasteiger partial charge >= 0.3 is 0 Å². The molecule has 9 heteroatoms. The van der Waals surface area contributed by atoms with Crippen molar-refractivity contribution >= 4 is 34.0 Å². The van der Waals surface area contributed by atoms with Crippen LogP contribution in [0.4, 0.5) is 15.2 Å². The fourth-order valence-electron chi connectivity index (χ4n) is 3.84. The van der Waals surface area contributed by atoms with Crippen LogP contribution < -0.4 is 10.2 Å². The van der Waals surface area contributed by atoms with Crippen LogP contribution >= 0.6 is 11.3 Å². The summed E-state index contributed by atoms with van der Waals surface area (Å²) in [5.74, 6) is -1.25. The normalized spacial score (nSPS) is 12.5. The average molecular weight is 460 g/mol. The third-order valence-electron chi connectivity index (χ3n) is 5.41. The first-order valence-corrected chi connectivity index (χ1v) is 11.1. The van der Waals surface area contributed by atoms with Gasteiger partial charge < -0.3 is 4.90 Å². The Morgan fingerprint density at radius 2 is 2.00 bits per heavy atom. The van der Waals surface area contributed by atoms with E-state index in [1.54, 1.807) is 17.0 Å². The summed E-state index contributed by atoms with van der Waals surface area (Å²) in [6, 6.07) is 11.8. The minimum absolute atomic E-state index is 0.0632. The minimum Gasteiger partial charge on any atom is -0.308 e. The third-order valence-corrected chi connectivity index (χ3v) is 6.30. The van der Waals surface area contributed by atoms with E-state index in [2.05, 4.69) is 20.3 Å². The summed E-state index contributed by atoms with van der Waals surface area (Å²) in [5.41, 5.74) is 3.70. The Hall–Kier alpha value is -3.98. The van der Waals surface area contributed by atoms with Crippen LogP contribution in [-0.4, -0.2) is 33.3 Å². The molecule has 2 amide bonds. The van der Waals surface area contributed by atoms with Crippen molar-refractivity contribution in [2.24, 2.45) is 0 Å². The number of aromatic nitrogens is 3. The zero-order valence-corrected chi connectivity index (χ0v) is 18.4. The van der Waals surface area contributed by atoms with Crippen molar-refractivity contribution in [3.8, 4) is 11.3 Å². The molecule has 0 radical (unpaired) electrons. The van der Waals surface area contributed by atoms with Gasteiger partial charge in [0.25, 0.3) is 11.8 Å². The van der Waals surface area contributed by atoms with Crippen LogP contribution in [0.1, 0.15) is 31.3 Å². The highest BCUT2D eigenvalue weighted by Gasteiger charge is 2.27. The highest BCUT2D eigenvalue weighted by Crippen LogP contribution is 2.36. The third kappa shape index (κ3) is 3.98. The number of nitrogens with zero attached hydrogens (tertiary/aromatic N) is 4. The number of aryl methyl sites for hydroxylation is 1. The lowest BCUT2D eigenvalue weighted by atomic mass is 10.1. The first-order valence-electron chi connectivity index (χ1n) is 10.3.